The lowest BCUT2D eigenvalue weighted by atomic mass is 10.6. The zero-order valence-electron chi connectivity index (χ0n) is 4.15. The second-order valence-electron chi connectivity index (χ2n) is 1.01. The molecule has 0 rings (SSSR count). The maximum atomic E-state index is 9.52. The van der Waals surface area contributed by atoms with Crippen LogP contribution >= 0.6 is 0 Å². The van der Waals surface area contributed by atoms with Crippen molar-refractivity contribution in [1.29, 1.82) is 0 Å². The van der Waals surface area contributed by atoms with Crippen LogP contribution < -0.4 is 5.73 Å². The van der Waals surface area contributed by atoms with E-state index in [0.29, 0.717) is 0 Å². The molecule has 44 valence electrons. The predicted octanol–water partition coefficient (Wildman–Crippen LogP) is 0.249. The summed E-state index contributed by atoms with van der Waals surface area (Å²) in [6.45, 7) is 0. The van der Waals surface area contributed by atoms with Gasteiger partial charge >= 0.3 is 0 Å². The maximum Gasteiger partial charge on any atom is 0.234 e. The monoisotopic (exact) mass is 114 g/mol. The minimum absolute atomic E-state index is 0.556. The van der Waals surface area contributed by atoms with Crippen molar-refractivity contribution in [3.63, 3.8) is 0 Å². The quantitative estimate of drug-likeness (QED) is 0.318. The summed E-state index contributed by atoms with van der Waals surface area (Å²) in [6.07, 6.45) is 4.66. The van der Waals surface area contributed by atoms with E-state index in [0.717, 1.165) is 6.20 Å². The van der Waals surface area contributed by atoms with Crippen LogP contribution in [-0.2, 0) is 0 Å². The number of hydrogen-bond donors (Lipinski definition) is 1. The third-order valence-corrected chi connectivity index (χ3v) is 0.430. The third-order valence-electron chi connectivity index (χ3n) is 0.430. The van der Waals surface area contributed by atoms with E-state index in [9.17, 15) is 10.1 Å². The molecule has 2 N–H and O–H groups in total. The van der Waals surface area contributed by atoms with E-state index >= 15 is 0 Å². The lowest BCUT2D eigenvalue weighted by Crippen LogP contribution is -1.81. The topological polar surface area (TPSA) is 69.2 Å². The summed E-state index contributed by atoms with van der Waals surface area (Å²) in [6, 6.07) is 0. The van der Waals surface area contributed by atoms with Gasteiger partial charge in [-0.05, 0) is 12.3 Å². The summed E-state index contributed by atoms with van der Waals surface area (Å²) in [7, 11) is 0. The van der Waals surface area contributed by atoms with Crippen molar-refractivity contribution in [2.75, 3.05) is 0 Å². The van der Waals surface area contributed by atoms with Gasteiger partial charge in [0.25, 0.3) is 0 Å². The molecule has 0 aliphatic rings. The largest absolute Gasteiger partial charge is 0.405 e. The standard InChI is InChI=1S/C4H6N2O2/c5-3-1-2-4-6(7)8/h1-4H,5H2/b3-1-,4-2-. The van der Waals surface area contributed by atoms with E-state index < -0.39 is 4.92 Å². The fourth-order valence-electron chi connectivity index (χ4n) is 0.184. The van der Waals surface area contributed by atoms with Gasteiger partial charge in [0, 0.05) is 6.08 Å². The fourth-order valence-corrected chi connectivity index (χ4v) is 0.184. The van der Waals surface area contributed by atoms with Crippen molar-refractivity contribution in [3.05, 3.63) is 34.7 Å². The zero-order valence-corrected chi connectivity index (χ0v) is 4.15. The smallest absolute Gasteiger partial charge is 0.234 e. The van der Waals surface area contributed by atoms with Gasteiger partial charge in [-0.3, -0.25) is 10.1 Å². The molecule has 0 radical (unpaired) electrons. The van der Waals surface area contributed by atoms with Crippen molar-refractivity contribution in [3.8, 4) is 0 Å². The summed E-state index contributed by atoms with van der Waals surface area (Å²) in [4.78, 5) is 8.96. The van der Waals surface area contributed by atoms with Crippen LogP contribution in [0.1, 0.15) is 0 Å². The first-order valence-electron chi connectivity index (χ1n) is 1.96. The molecular weight excluding hydrogens is 108 g/mol. The molecule has 0 aromatic rings. The maximum absolute atomic E-state index is 9.52. The van der Waals surface area contributed by atoms with Crippen LogP contribution in [0.15, 0.2) is 24.6 Å². The van der Waals surface area contributed by atoms with Crippen LogP contribution in [0.25, 0.3) is 0 Å². The van der Waals surface area contributed by atoms with Crippen molar-refractivity contribution in [1.82, 2.24) is 0 Å². The highest BCUT2D eigenvalue weighted by atomic mass is 16.6. The first-order chi connectivity index (χ1) is 3.77. The summed E-state index contributed by atoms with van der Waals surface area (Å²) in [5.41, 5.74) is 4.86. The van der Waals surface area contributed by atoms with Gasteiger partial charge < -0.3 is 5.73 Å². The lowest BCUT2D eigenvalue weighted by Gasteiger charge is -1.71. The molecule has 0 aromatic heterocycles. The van der Waals surface area contributed by atoms with Gasteiger partial charge in [-0.2, -0.15) is 0 Å². The Labute approximate surface area is 46.4 Å². The average molecular weight is 114 g/mol. The highest BCUT2D eigenvalue weighted by Crippen LogP contribution is 1.73. The molecule has 0 saturated carbocycles. The second kappa shape index (κ2) is 3.86. The Bertz CT molecular complexity index is 128. The molecule has 0 aliphatic carbocycles. The number of nitro groups is 1. The van der Waals surface area contributed by atoms with Crippen molar-refractivity contribution >= 4 is 0 Å². The Morgan fingerprint density at radius 2 is 2.12 bits per heavy atom. The molecule has 0 heterocycles. The number of nitrogens with two attached hydrogens (primary N) is 1. The molecule has 4 nitrogen and oxygen atoms in total. The van der Waals surface area contributed by atoms with E-state index in [-0.39, 0.29) is 0 Å². The van der Waals surface area contributed by atoms with Gasteiger partial charge in [-0.1, -0.05) is 0 Å². The first kappa shape index (κ1) is 6.68. The van der Waals surface area contributed by atoms with Crippen LogP contribution in [-0.4, -0.2) is 4.92 Å². The van der Waals surface area contributed by atoms with Gasteiger partial charge in [-0.15, -0.1) is 0 Å². The van der Waals surface area contributed by atoms with Gasteiger partial charge in [0.2, 0.25) is 6.20 Å². The Morgan fingerprint density at radius 3 is 2.50 bits per heavy atom. The summed E-state index contributed by atoms with van der Waals surface area (Å²) >= 11 is 0. The van der Waals surface area contributed by atoms with Gasteiger partial charge in [0.1, 0.15) is 0 Å². The van der Waals surface area contributed by atoms with E-state index in [1.54, 1.807) is 0 Å². The molecular formula is C4H6N2O2. The predicted molar refractivity (Wildman–Crippen MR) is 29.5 cm³/mol. The molecule has 0 unspecified atom stereocenters. The highest BCUT2D eigenvalue weighted by Gasteiger charge is 1.76. The van der Waals surface area contributed by atoms with Gasteiger partial charge in [0.15, 0.2) is 0 Å². The van der Waals surface area contributed by atoms with Crippen LogP contribution in [0.3, 0.4) is 0 Å². The number of nitrogens with zero attached hydrogens (tertiary/aromatic N) is 1. The first-order valence-corrected chi connectivity index (χ1v) is 1.96. The molecule has 0 saturated heterocycles. The van der Waals surface area contributed by atoms with E-state index in [4.69, 9.17) is 5.73 Å². The average Bonchev–Trinajstić information content (AvgIpc) is 1.66. The van der Waals surface area contributed by atoms with Crippen LogP contribution in [0, 0.1) is 10.1 Å². The molecule has 0 aromatic carbocycles. The third kappa shape index (κ3) is 4.68. The minimum Gasteiger partial charge on any atom is -0.405 e. The van der Waals surface area contributed by atoms with Crippen LogP contribution in [0.2, 0.25) is 0 Å². The Morgan fingerprint density at radius 1 is 1.50 bits per heavy atom. The Kier molecular flexibility index (Phi) is 3.22. The number of rotatable bonds is 2. The van der Waals surface area contributed by atoms with E-state index in [2.05, 4.69) is 0 Å². The SMILES string of the molecule is N/C=C\C=C/[N+](=O)[O-]. The fraction of sp³-hybridized carbons (Fsp3) is 0. The Balaban J connectivity index is 3.50. The van der Waals surface area contributed by atoms with Gasteiger partial charge in [0.05, 0.1) is 4.92 Å². The molecule has 0 spiro atoms. The van der Waals surface area contributed by atoms with Crippen LogP contribution in [0.4, 0.5) is 0 Å². The van der Waals surface area contributed by atoms with Gasteiger partial charge in [-0.25, -0.2) is 0 Å². The van der Waals surface area contributed by atoms with Crippen molar-refractivity contribution in [2.24, 2.45) is 5.73 Å². The molecule has 8 heavy (non-hydrogen) atoms. The normalized spacial score (nSPS) is 11.0. The molecule has 0 atom stereocenters. The molecule has 0 fully saturated rings. The van der Waals surface area contributed by atoms with Crippen LogP contribution in [0.5, 0.6) is 0 Å². The molecule has 0 aliphatic heterocycles. The number of allylic oxidation sites excluding steroid dienone is 2. The van der Waals surface area contributed by atoms with Crippen molar-refractivity contribution in [2.45, 2.75) is 0 Å². The minimum atomic E-state index is -0.556. The second-order valence-corrected chi connectivity index (χ2v) is 1.01. The lowest BCUT2D eigenvalue weighted by molar-refractivity contribution is -0.402. The van der Waals surface area contributed by atoms with Crippen molar-refractivity contribution < 1.29 is 4.92 Å². The highest BCUT2D eigenvalue weighted by molar-refractivity contribution is 4.96. The molecule has 0 amide bonds. The van der Waals surface area contributed by atoms with E-state index in [1.165, 1.54) is 18.4 Å². The van der Waals surface area contributed by atoms with E-state index in [1.807, 2.05) is 0 Å². The summed E-state index contributed by atoms with van der Waals surface area (Å²) in [5.74, 6) is 0. The zero-order chi connectivity index (χ0) is 6.41. The summed E-state index contributed by atoms with van der Waals surface area (Å²) < 4.78 is 0. The molecule has 4 heteroatoms. The number of hydrogen-bond acceptors (Lipinski definition) is 3. The molecule has 0 bridgehead atoms. The summed E-state index contributed by atoms with van der Waals surface area (Å²) in [5, 5.41) is 9.52. The Hall–Kier alpha value is -1.32.